The van der Waals surface area contributed by atoms with Gasteiger partial charge in [0, 0.05) is 26.2 Å². The van der Waals surface area contributed by atoms with Crippen LogP contribution in [-0.4, -0.2) is 54.1 Å². The molecule has 18 heavy (non-hydrogen) atoms. The number of rotatable bonds is 2. The Morgan fingerprint density at radius 2 is 1.94 bits per heavy atom. The van der Waals surface area contributed by atoms with E-state index in [0.29, 0.717) is 11.1 Å². The summed E-state index contributed by atoms with van der Waals surface area (Å²) >= 11 is 0. The van der Waals surface area contributed by atoms with Crippen molar-refractivity contribution < 1.29 is 9.90 Å². The highest BCUT2D eigenvalue weighted by Crippen LogP contribution is 2.21. The molecule has 0 saturated carbocycles. The van der Waals surface area contributed by atoms with E-state index in [1.807, 2.05) is 5.01 Å². The lowest BCUT2D eigenvalue weighted by molar-refractivity contribution is 0.0660. The summed E-state index contributed by atoms with van der Waals surface area (Å²) in [5.74, 6) is -0.190. The molecule has 1 aromatic carbocycles. The van der Waals surface area contributed by atoms with Crippen molar-refractivity contribution in [3.63, 3.8) is 0 Å². The lowest BCUT2D eigenvalue weighted by Crippen LogP contribution is -2.52. The molecule has 0 bridgehead atoms. The highest BCUT2D eigenvalue weighted by atomic mass is 16.3. The van der Waals surface area contributed by atoms with Crippen molar-refractivity contribution in [2.75, 3.05) is 33.2 Å². The molecule has 0 atom stereocenters. The molecule has 0 spiro atoms. The molecule has 0 radical (unpaired) electrons. The molecule has 98 valence electrons. The number of aromatic hydroxyl groups is 1. The maximum atomic E-state index is 12.0. The van der Waals surface area contributed by atoms with E-state index in [0.717, 1.165) is 26.2 Å². The fourth-order valence-electron chi connectivity index (χ4n) is 1.96. The molecule has 0 aromatic heterocycles. The summed E-state index contributed by atoms with van der Waals surface area (Å²) in [6, 6.07) is 5.18. The first-order chi connectivity index (χ1) is 8.58. The van der Waals surface area contributed by atoms with Gasteiger partial charge in [-0.15, -0.1) is 0 Å². The van der Waals surface area contributed by atoms with Crippen molar-refractivity contribution in [3.8, 4) is 5.75 Å². The zero-order chi connectivity index (χ0) is 13.1. The first-order valence-corrected chi connectivity index (χ1v) is 6.11. The maximum Gasteiger partial charge on any atom is 0.269 e. The van der Waals surface area contributed by atoms with Gasteiger partial charge >= 0.3 is 0 Å². The van der Waals surface area contributed by atoms with Crippen LogP contribution >= 0.6 is 0 Å². The first kappa shape index (κ1) is 12.9. The Morgan fingerprint density at radius 3 is 2.61 bits per heavy atom. The molecule has 1 fully saturated rings. The van der Waals surface area contributed by atoms with E-state index in [-0.39, 0.29) is 11.7 Å². The van der Waals surface area contributed by atoms with Crippen LogP contribution in [0.2, 0.25) is 0 Å². The van der Waals surface area contributed by atoms with Gasteiger partial charge in [-0.3, -0.25) is 10.2 Å². The van der Waals surface area contributed by atoms with Crippen LogP contribution in [0.1, 0.15) is 15.9 Å². The summed E-state index contributed by atoms with van der Waals surface area (Å²) in [4.78, 5) is 14.3. The summed E-state index contributed by atoms with van der Waals surface area (Å²) in [5, 5.41) is 11.7. The number of benzene rings is 1. The molecule has 1 aliphatic heterocycles. The number of carbonyl (C=O) groups excluding carboxylic acids is 1. The van der Waals surface area contributed by atoms with Crippen LogP contribution in [0.5, 0.6) is 5.75 Å². The highest BCUT2D eigenvalue weighted by molar-refractivity contribution is 5.96. The van der Waals surface area contributed by atoms with Gasteiger partial charge in [0.25, 0.3) is 5.91 Å². The molecule has 2 N–H and O–H groups in total. The Balaban J connectivity index is 2.01. The van der Waals surface area contributed by atoms with Crippen molar-refractivity contribution in [2.24, 2.45) is 0 Å². The van der Waals surface area contributed by atoms with Gasteiger partial charge in [0.15, 0.2) is 0 Å². The van der Waals surface area contributed by atoms with E-state index in [9.17, 15) is 9.90 Å². The minimum Gasteiger partial charge on any atom is -0.507 e. The predicted molar refractivity (Wildman–Crippen MR) is 69.4 cm³/mol. The fraction of sp³-hybridized carbons (Fsp3) is 0.462. The van der Waals surface area contributed by atoms with Crippen LogP contribution in [0, 0.1) is 6.92 Å². The minimum atomic E-state index is -0.249. The number of phenolic OH excluding ortho intramolecular Hbond substituents is 1. The Bertz CT molecular complexity index is 440. The monoisotopic (exact) mass is 249 g/mol. The van der Waals surface area contributed by atoms with Crippen molar-refractivity contribution in [1.29, 1.82) is 0 Å². The molecule has 2 rings (SSSR count). The number of hydrogen-bond acceptors (Lipinski definition) is 4. The number of phenols is 1. The number of nitrogens with zero attached hydrogens (tertiary/aromatic N) is 2. The molecule has 0 aliphatic carbocycles. The summed E-state index contributed by atoms with van der Waals surface area (Å²) in [5.41, 5.74) is 3.87. The number of likely N-dealkylation sites (N-methyl/N-ethyl adjacent to an activating group) is 1. The SMILES string of the molecule is Cc1cccc(C(=O)NN2CCN(C)CC2)c1O. The number of piperazine rings is 1. The third-order valence-corrected chi connectivity index (χ3v) is 3.25. The third-order valence-electron chi connectivity index (χ3n) is 3.25. The first-order valence-electron chi connectivity index (χ1n) is 6.11. The summed E-state index contributed by atoms with van der Waals surface area (Å²) in [6.07, 6.45) is 0. The molecular formula is C13H19N3O2. The molecule has 1 amide bonds. The van der Waals surface area contributed by atoms with E-state index in [1.54, 1.807) is 25.1 Å². The number of carbonyl (C=O) groups is 1. The highest BCUT2D eigenvalue weighted by Gasteiger charge is 2.18. The van der Waals surface area contributed by atoms with E-state index < -0.39 is 0 Å². The van der Waals surface area contributed by atoms with Gasteiger partial charge < -0.3 is 10.0 Å². The third kappa shape index (κ3) is 2.80. The average molecular weight is 249 g/mol. The molecule has 1 aliphatic rings. The zero-order valence-corrected chi connectivity index (χ0v) is 10.8. The van der Waals surface area contributed by atoms with Crippen LogP contribution in [-0.2, 0) is 0 Å². The maximum absolute atomic E-state index is 12.0. The summed E-state index contributed by atoms with van der Waals surface area (Å²) in [7, 11) is 2.06. The van der Waals surface area contributed by atoms with Gasteiger partial charge in [-0.25, -0.2) is 5.01 Å². The number of aryl methyl sites for hydroxylation is 1. The quantitative estimate of drug-likeness (QED) is 0.805. The molecule has 5 heteroatoms. The Labute approximate surface area is 107 Å². The van der Waals surface area contributed by atoms with Crippen molar-refractivity contribution >= 4 is 5.91 Å². The van der Waals surface area contributed by atoms with Gasteiger partial charge in [0.05, 0.1) is 5.56 Å². The average Bonchev–Trinajstić information content (AvgIpc) is 2.35. The lowest BCUT2D eigenvalue weighted by atomic mass is 10.1. The second kappa shape index (κ2) is 5.37. The second-order valence-electron chi connectivity index (χ2n) is 4.70. The summed E-state index contributed by atoms with van der Waals surface area (Å²) in [6.45, 7) is 5.24. The standard InChI is InChI=1S/C13H19N3O2/c1-10-4-3-5-11(12(10)17)13(18)14-16-8-6-15(2)7-9-16/h3-5,17H,6-9H2,1-2H3,(H,14,18). The topological polar surface area (TPSA) is 55.8 Å². The Hall–Kier alpha value is -1.59. The van der Waals surface area contributed by atoms with E-state index in [2.05, 4.69) is 17.4 Å². The van der Waals surface area contributed by atoms with Gasteiger partial charge in [0.2, 0.25) is 0 Å². The van der Waals surface area contributed by atoms with Crippen LogP contribution in [0.3, 0.4) is 0 Å². The number of para-hydroxylation sites is 1. The normalized spacial score (nSPS) is 17.7. The smallest absolute Gasteiger partial charge is 0.269 e. The van der Waals surface area contributed by atoms with E-state index in [4.69, 9.17) is 0 Å². The minimum absolute atomic E-state index is 0.0594. The number of hydrazine groups is 1. The molecular weight excluding hydrogens is 230 g/mol. The van der Waals surface area contributed by atoms with Crippen LogP contribution in [0.4, 0.5) is 0 Å². The molecule has 1 saturated heterocycles. The van der Waals surface area contributed by atoms with Gasteiger partial charge in [-0.05, 0) is 25.6 Å². The number of amides is 1. The van der Waals surface area contributed by atoms with Crippen molar-refractivity contribution in [3.05, 3.63) is 29.3 Å². The number of hydrogen-bond donors (Lipinski definition) is 2. The molecule has 0 unspecified atom stereocenters. The largest absolute Gasteiger partial charge is 0.507 e. The van der Waals surface area contributed by atoms with E-state index in [1.165, 1.54) is 0 Å². The van der Waals surface area contributed by atoms with Gasteiger partial charge in [0.1, 0.15) is 5.75 Å². The fourth-order valence-corrected chi connectivity index (χ4v) is 1.96. The van der Waals surface area contributed by atoms with Crippen molar-refractivity contribution in [2.45, 2.75) is 6.92 Å². The lowest BCUT2D eigenvalue weighted by Gasteiger charge is -2.32. The molecule has 1 heterocycles. The van der Waals surface area contributed by atoms with Gasteiger partial charge in [-0.2, -0.15) is 0 Å². The van der Waals surface area contributed by atoms with Crippen LogP contribution < -0.4 is 5.43 Å². The van der Waals surface area contributed by atoms with E-state index >= 15 is 0 Å². The molecule has 1 aromatic rings. The number of nitrogens with one attached hydrogen (secondary N) is 1. The summed E-state index contributed by atoms with van der Waals surface area (Å²) < 4.78 is 0. The van der Waals surface area contributed by atoms with Crippen LogP contribution in [0.25, 0.3) is 0 Å². The molecule has 5 nitrogen and oxygen atoms in total. The Kier molecular flexibility index (Phi) is 3.84. The van der Waals surface area contributed by atoms with Gasteiger partial charge in [-0.1, -0.05) is 12.1 Å². The Morgan fingerprint density at radius 1 is 1.28 bits per heavy atom. The second-order valence-corrected chi connectivity index (χ2v) is 4.70. The van der Waals surface area contributed by atoms with Crippen molar-refractivity contribution in [1.82, 2.24) is 15.3 Å². The zero-order valence-electron chi connectivity index (χ0n) is 10.8. The van der Waals surface area contributed by atoms with Crippen LogP contribution in [0.15, 0.2) is 18.2 Å². The predicted octanol–water partition coefficient (Wildman–Crippen LogP) is 0.593.